The topological polar surface area (TPSA) is 224 Å². The number of amides is 2. The number of carbonyl (C=O) groups excluding carboxylic acids is 2. The van der Waals surface area contributed by atoms with Crippen molar-refractivity contribution in [1.82, 2.24) is 10.6 Å². The van der Waals surface area contributed by atoms with E-state index in [2.05, 4.69) is 16.6 Å². The van der Waals surface area contributed by atoms with Crippen LogP contribution in [0, 0.1) is 12.3 Å². The quantitative estimate of drug-likeness (QED) is 0.0734. The van der Waals surface area contributed by atoms with E-state index in [1.807, 2.05) is 12.1 Å². The number of benzene rings is 2. The maximum absolute atomic E-state index is 12.7. The smallest absolute Gasteiger partial charge is 0.364 e. The van der Waals surface area contributed by atoms with Crippen LogP contribution in [0.4, 0.5) is 0 Å². The second kappa shape index (κ2) is 19.1. The van der Waals surface area contributed by atoms with Gasteiger partial charge in [0.25, 0.3) is 5.79 Å². The van der Waals surface area contributed by atoms with E-state index in [9.17, 15) is 45.0 Å². The summed E-state index contributed by atoms with van der Waals surface area (Å²) in [6.45, 7) is -0.813. The highest BCUT2D eigenvalue weighted by Crippen LogP contribution is 2.34. The summed E-state index contributed by atoms with van der Waals surface area (Å²) < 4.78 is 16.5. The summed E-state index contributed by atoms with van der Waals surface area (Å²) in [7, 11) is 0. The maximum atomic E-state index is 12.7. The molecule has 8 N–H and O–H groups in total. The number of hydrogen-bond acceptors (Lipinski definition) is 11. The molecule has 48 heavy (non-hydrogen) atoms. The minimum atomic E-state index is -2.42. The number of rotatable bonds is 19. The number of aromatic hydroxyl groups is 1. The molecule has 0 aliphatic carbocycles. The van der Waals surface area contributed by atoms with Gasteiger partial charge in [0.15, 0.2) is 0 Å². The van der Waals surface area contributed by atoms with Crippen LogP contribution < -0.4 is 10.6 Å². The van der Waals surface area contributed by atoms with E-state index >= 15 is 0 Å². The standard InChI is InChI=1S/C34H44N2O12/c1-2-15-46-16-5-3-4-6-17-47-34(33(44)45)19-26(39)30(36-29(42)21-37)32(48-34)31(43)27(40)20-35-28(41)18-22-7-9-23(10-8-22)24-11-13-25(38)14-12-24/h1,7-14,26-27,30-32,37-40,43H,3-6,15-21H2,(H,35,41)(H,36,42)(H,44,45)/t26-,27+,30+,31+,32+,34+/m0/s1. The average Bonchev–Trinajstić information content (AvgIpc) is 3.07. The van der Waals surface area contributed by atoms with Crippen molar-refractivity contribution in [2.24, 2.45) is 0 Å². The summed E-state index contributed by atoms with van der Waals surface area (Å²) in [5, 5.41) is 66.4. The Bertz CT molecular complexity index is 1360. The lowest BCUT2D eigenvalue weighted by Crippen LogP contribution is -2.68. The van der Waals surface area contributed by atoms with E-state index in [1.165, 1.54) is 0 Å². The van der Waals surface area contributed by atoms with Gasteiger partial charge in [-0.2, -0.15) is 0 Å². The van der Waals surface area contributed by atoms with Crippen LogP contribution in [0.2, 0.25) is 0 Å². The molecule has 1 aliphatic rings. The zero-order chi connectivity index (χ0) is 35.1. The van der Waals surface area contributed by atoms with Crippen LogP contribution in [-0.4, -0.2) is 118 Å². The molecule has 0 radical (unpaired) electrons. The number of aliphatic hydroxyl groups excluding tert-OH is 4. The molecule has 0 aromatic heterocycles. The molecule has 1 fully saturated rings. The van der Waals surface area contributed by atoms with Crippen LogP contribution in [0.25, 0.3) is 11.1 Å². The number of phenols is 1. The summed E-state index contributed by atoms with van der Waals surface area (Å²) in [6.07, 6.45) is 0.0826. The molecule has 2 amide bonds. The van der Waals surface area contributed by atoms with Gasteiger partial charge in [0.05, 0.1) is 31.3 Å². The summed E-state index contributed by atoms with van der Waals surface area (Å²) >= 11 is 0. The number of nitrogens with one attached hydrogen (secondary N) is 2. The normalized spacial score (nSPS) is 21.9. The lowest BCUT2D eigenvalue weighted by molar-refractivity contribution is -0.310. The van der Waals surface area contributed by atoms with Crippen molar-refractivity contribution in [2.45, 2.75) is 74.8 Å². The highest BCUT2D eigenvalue weighted by Gasteiger charge is 2.55. The van der Waals surface area contributed by atoms with Crippen LogP contribution >= 0.6 is 0 Å². The van der Waals surface area contributed by atoms with Gasteiger partial charge >= 0.3 is 5.97 Å². The minimum Gasteiger partial charge on any atom is -0.508 e. The third-order valence-electron chi connectivity index (χ3n) is 7.83. The van der Waals surface area contributed by atoms with Gasteiger partial charge < -0.3 is 55.5 Å². The Morgan fingerprint density at radius 2 is 1.60 bits per heavy atom. The van der Waals surface area contributed by atoms with Gasteiger partial charge in [-0.05, 0) is 41.7 Å². The monoisotopic (exact) mass is 672 g/mol. The van der Waals surface area contributed by atoms with Gasteiger partial charge in [0.2, 0.25) is 11.8 Å². The molecule has 3 rings (SSSR count). The van der Waals surface area contributed by atoms with E-state index in [-0.39, 0.29) is 25.4 Å². The van der Waals surface area contributed by atoms with E-state index < -0.39 is 73.6 Å². The number of ether oxygens (including phenoxy) is 3. The molecule has 1 heterocycles. The van der Waals surface area contributed by atoms with Gasteiger partial charge in [-0.15, -0.1) is 6.42 Å². The number of carboxylic acid groups (broad SMARTS) is 1. The third kappa shape index (κ3) is 11.3. The number of phenolic OH excluding ortho intramolecular Hbond substituents is 1. The third-order valence-corrected chi connectivity index (χ3v) is 7.83. The Labute approximate surface area is 278 Å². The van der Waals surface area contributed by atoms with Crippen molar-refractivity contribution in [3.05, 3.63) is 54.1 Å². The van der Waals surface area contributed by atoms with E-state index in [4.69, 9.17) is 20.6 Å². The minimum absolute atomic E-state index is 0.0552. The predicted octanol–water partition coefficient (Wildman–Crippen LogP) is 0.0743. The molecule has 1 aliphatic heterocycles. The number of terminal acetylenes is 1. The van der Waals surface area contributed by atoms with Crippen LogP contribution in [0.3, 0.4) is 0 Å². The lowest BCUT2D eigenvalue weighted by atomic mass is 9.88. The number of unbranched alkanes of at least 4 members (excludes halogenated alkanes) is 3. The van der Waals surface area contributed by atoms with Crippen LogP contribution in [-0.2, 0) is 35.0 Å². The zero-order valence-corrected chi connectivity index (χ0v) is 26.5. The lowest BCUT2D eigenvalue weighted by Gasteiger charge is -2.46. The molecule has 0 spiro atoms. The summed E-state index contributed by atoms with van der Waals surface area (Å²) in [6, 6.07) is 12.3. The Morgan fingerprint density at radius 1 is 0.979 bits per heavy atom. The molecule has 6 atom stereocenters. The molecule has 14 heteroatoms. The van der Waals surface area contributed by atoms with Crippen molar-refractivity contribution in [2.75, 3.05) is 33.0 Å². The molecule has 1 saturated heterocycles. The highest BCUT2D eigenvalue weighted by atomic mass is 16.7. The number of hydrogen-bond donors (Lipinski definition) is 8. The van der Waals surface area contributed by atoms with Crippen molar-refractivity contribution in [1.29, 1.82) is 0 Å². The summed E-state index contributed by atoms with van der Waals surface area (Å²) in [5.41, 5.74) is 2.41. The fraction of sp³-hybridized carbons (Fsp3) is 0.500. The van der Waals surface area contributed by atoms with Gasteiger partial charge in [-0.25, -0.2) is 4.79 Å². The second-order valence-electron chi connectivity index (χ2n) is 11.5. The molecular formula is C34H44N2O12. The summed E-state index contributed by atoms with van der Waals surface area (Å²) in [5.74, 6) is -2.92. The summed E-state index contributed by atoms with van der Waals surface area (Å²) in [4.78, 5) is 37.1. The van der Waals surface area contributed by atoms with Crippen molar-refractivity contribution >= 4 is 17.8 Å². The van der Waals surface area contributed by atoms with E-state index in [0.717, 1.165) is 24.0 Å². The Kier molecular flexibility index (Phi) is 15.2. The Morgan fingerprint density at radius 3 is 2.21 bits per heavy atom. The van der Waals surface area contributed by atoms with Gasteiger partial charge in [0, 0.05) is 19.6 Å². The average molecular weight is 673 g/mol. The number of aliphatic carboxylic acids is 1. The van der Waals surface area contributed by atoms with Gasteiger partial charge in [-0.3, -0.25) is 9.59 Å². The van der Waals surface area contributed by atoms with Crippen LogP contribution in [0.1, 0.15) is 37.7 Å². The van der Waals surface area contributed by atoms with Crippen LogP contribution in [0.5, 0.6) is 5.75 Å². The largest absolute Gasteiger partial charge is 0.508 e. The second-order valence-corrected chi connectivity index (χ2v) is 11.5. The number of carbonyl (C=O) groups is 3. The molecule has 14 nitrogen and oxygen atoms in total. The van der Waals surface area contributed by atoms with Gasteiger partial charge in [0.1, 0.15) is 31.2 Å². The van der Waals surface area contributed by atoms with Gasteiger partial charge in [-0.1, -0.05) is 55.2 Å². The van der Waals surface area contributed by atoms with Crippen LogP contribution in [0.15, 0.2) is 48.5 Å². The Balaban J connectivity index is 1.60. The first-order valence-corrected chi connectivity index (χ1v) is 15.7. The first kappa shape index (κ1) is 38.4. The molecule has 0 bridgehead atoms. The highest BCUT2D eigenvalue weighted by molar-refractivity contribution is 5.79. The van der Waals surface area contributed by atoms with E-state index in [1.54, 1.807) is 36.4 Å². The number of carboxylic acids is 1. The SMILES string of the molecule is C#CCOCCCCCCO[C@]1(C(=O)O)C[C@H](O)[C@@H](NC(=O)CO)[C@H]([C@H](O)[C@H](O)CNC(=O)Cc2ccc(-c3ccc(O)cc3)cc2)O1. The van der Waals surface area contributed by atoms with Crippen molar-refractivity contribution < 1.29 is 59.2 Å². The van der Waals surface area contributed by atoms with Crippen molar-refractivity contribution in [3.63, 3.8) is 0 Å². The predicted molar refractivity (Wildman–Crippen MR) is 171 cm³/mol. The maximum Gasteiger partial charge on any atom is 0.364 e. The molecule has 2 aromatic carbocycles. The molecule has 2 aromatic rings. The Hall–Kier alpha value is -4.07. The fourth-order valence-electron chi connectivity index (χ4n) is 5.25. The molecule has 0 saturated carbocycles. The molecule has 262 valence electrons. The molecule has 0 unspecified atom stereocenters. The number of aliphatic hydroxyl groups is 4. The zero-order valence-electron chi connectivity index (χ0n) is 26.5. The first-order valence-electron chi connectivity index (χ1n) is 15.7. The molecular weight excluding hydrogens is 628 g/mol. The first-order chi connectivity index (χ1) is 23.0. The fourth-order valence-corrected chi connectivity index (χ4v) is 5.25. The van der Waals surface area contributed by atoms with Crippen molar-refractivity contribution in [3.8, 4) is 29.2 Å². The van der Waals surface area contributed by atoms with E-state index in [0.29, 0.717) is 25.0 Å².